The molecule has 0 saturated carbocycles. The summed E-state index contributed by atoms with van der Waals surface area (Å²) in [6.45, 7) is 1.36. The van der Waals surface area contributed by atoms with E-state index < -0.39 is 15.9 Å². The van der Waals surface area contributed by atoms with Crippen LogP contribution in [0.1, 0.15) is 18.1 Å². The zero-order valence-corrected chi connectivity index (χ0v) is 20.8. The van der Waals surface area contributed by atoms with Gasteiger partial charge in [0.25, 0.3) is 15.9 Å². The molecule has 0 aliphatic carbocycles. The van der Waals surface area contributed by atoms with E-state index in [0.717, 1.165) is 16.3 Å². The van der Waals surface area contributed by atoms with Gasteiger partial charge in [-0.15, -0.1) is 4.83 Å². The predicted molar refractivity (Wildman–Crippen MR) is 140 cm³/mol. The first-order valence-electron chi connectivity index (χ1n) is 11.0. The summed E-state index contributed by atoms with van der Waals surface area (Å²) in [5.41, 5.74) is 2.87. The summed E-state index contributed by atoms with van der Waals surface area (Å²) in [6, 6.07) is 22.0. The number of amides is 2. The van der Waals surface area contributed by atoms with Crippen LogP contribution < -0.4 is 15.0 Å². The Labute approximate surface area is 209 Å². The van der Waals surface area contributed by atoms with Crippen LogP contribution in [0.2, 0.25) is 0 Å². The number of nitrogens with one attached hydrogen (secondary N) is 2. The lowest BCUT2D eigenvalue weighted by molar-refractivity contribution is -0.123. The molecule has 1 heterocycles. The number of amidine groups is 1. The highest BCUT2D eigenvalue weighted by molar-refractivity contribution is 7.89. The zero-order valence-electron chi connectivity index (χ0n) is 20.0. The molecule has 184 valence electrons. The Hall–Kier alpha value is -4.28. The van der Waals surface area contributed by atoms with E-state index in [9.17, 15) is 18.0 Å². The Kier molecular flexibility index (Phi) is 7.00. The van der Waals surface area contributed by atoms with Crippen molar-refractivity contribution in [2.24, 2.45) is 4.99 Å². The molecule has 2 amide bonds. The Morgan fingerprint density at radius 2 is 1.58 bits per heavy atom. The smallest absolute Gasteiger partial charge is 0.293 e. The van der Waals surface area contributed by atoms with E-state index in [-0.39, 0.29) is 22.3 Å². The molecule has 3 aromatic carbocycles. The van der Waals surface area contributed by atoms with Crippen LogP contribution in [0.5, 0.6) is 0 Å². The van der Waals surface area contributed by atoms with Crippen molar-refractivity contribution in [1.29, 1.82) is 0 Å². The van der Waals surface area contributed by atoms with Crippen LogP contribution in [0, 0.1) is 0 Å². The fraction of sp³-hybridized carbons (Fsp3) is 0.115. The lowest BCUT2D eigenvalue weighted by Gasteiger charge is -2.19. The first kappa shape index (κ1) is 24.8. The Morgan fingerprint density at radius 3 is 2.17 bits per heavy atom. The van der Waals surface area contributed by atoms with Crippen molar-refractivity contribution in [3.05, 3.63) is 95.7 Å². The lowest BCUT2D eigenvalue weighted by atomic mass is 10.1. The molecule has 0 atom stereocenters. The number of rotatable bonds is 7. The quantitative estimate of drug-likeness (QED) is 0.481. The molecule has 36 heavy (non-hydrogen) atoms. The van der Waals surface area contributed by atoms with Crippen LogP contribution in [0.3, 0.4) is 0 Å². The van der Waals surface area contributed by atoms with Crippen molar-refractivity contribution < 1.29 is 18.0 Å². The van der Waals surface area contributed by atoms with E-state index in [1.165, 1.54) is 31.2 Å². The number of benzene rings is 3. The molecule has 0 bridgehead atoms. The molecular weight excluding hydrogens is 478 g/mol. The molecule has 0 radical (unpaired) electrons. The average Bonchev–Trinajstić information content (AvgIpc) is 3.14. The highest BCUT2D eigenvalue weighted by Crippen LogP contribution is 2.23. The minimum Gasteiger partial charge on any atom is -0.378 e. The van der Waals surface area contributed by atoms with E-state index in [1.807, 2.05) is 49.3 Å². The maximum atomic E-state index is 13.3. The number of aliphatic imine (C=N–C) groups is 1. The Bertz CT molecular complexity index is 1450. The first-order valence-corrected chi connectivity index (χ1v) is 12.5. The highest BCUT2D eigenvalue weighted by Gasteiger charge is 2.34. The molecule has 1 aliphatic rings. The maximum absolute atomic E-state index is 13.3. The van der Waals surface area contributed by atoms with Crippen LogP contribution >= 0.6 is 0 Å². The average molecular weight is 504 g/mol. The number of hydrazine groups is 1. The second kappa shape index (κ2) is 10.1. The number of hydrogen-bond donors (Lipinski definition) is 2. The summed E-state index contributed by atoms with van der Waals surface area (Å²) < 4.78 is 26.3. The molecule has 10 heteroatoms. The van der Waals surface area contributed by atoms with Gasteiger partial charge in [-0.3, -0.25) is 9.59 Å². The largest absolute Gasteiger partial charge is 0.378 e. The van der Waals surface area contributed by atoms with Crippen molar-refractivity contribution in [1.82, 2.24) is 9.84 Å². The maximum Gasteiger partial charge on any atom is 0.293 e. The van der Waals surface area contributed by atoms with Gasteiger partial charge < -0.3 is 10.2 Å². The predicted octanol–water partition coefficient (Wildman–Crippen LogP) is 3.23. The van der Waals surface area contributed by atoms with Gasteiger partial charge in [-0.2, -0.15) is 0 Å². The van der Waals surface area contributed by atoms with E-state index >= 15 is 0 Å². The summed E-state index contributed by atoms with van der Waals surface area (Å²) in [6.07, 6.45) is 1.61. The van der Waals surface area contributed by atoms with E-state index in [2.05, 4.69) is 15.1 Å². The zero-order chi connectivity index (χ0) is 25.9. The van der Waals surface area contributed by atoms with Gasteiger partial charge in [-0.25, -0.2) is 18.4 Å². The molecule has 1 aliphatic heterocycles. The Balaban J connectivity index is 1.66. The number of nitrogens with zero attached hydrogens (tertiary/aromatic N) is 3. The van der Waals surface area contributed by atoms with Crippen LogP contribution in [0.15, 0.2) is 94.4 Å². The van der Waals surface area contributed by atoms with Crippen molar-refractivity contribution in [2.75, 3.05) is 24.3 Å². The van der Waals surface area contributed by atoms with Gasteiger partial charge >= 0.3 is 0 Å². The number of hydrogen-bond acceptors (Lipinski definition) is 6. The molecule has 0 unspecified atom stereocenters. The van der Waals surface area contributed by atoms with Gasteiger partial charge in [0.05, 0.1) is 4.90 Å². The van der Waals surface area contributed by atoms with E-state index in [4.69, 9.17) is 0 Å². The van der Waals surface area contributed by atoms with Crippen molar-refractivity contribution in [3.8, 4) is 0 Å². The number of carbonyl (C=O) groups excluding carboxylic acids is 2. The normalized spacial score (nSPS) is 14.6. The molecule has 0 saturated heterocycles. The molecule has 0 fully saturated rings. The summed E-state index contributed by atoms with van der Waals surface area (Å²) in [7, 11) is -0.281. The fourth-order valence-corrected chi connectivity index (χ4v) is 4.51. The molecule has 0 spiro atoms. The van der Waals surface area contributed by atoms with Crippen LogP contribution in [0.4, 0.5) is 11.4 Å². The number of sulfonamides is 1. The number of carbonyl (C=O) groups is 2. The van der Waals surface area contributed by atoms with Crippen LogP contribution in [0.25, 0.3) is 6.08 Å². The Morgan fingerprint density at radius 1 is 0.944 bits per heavy atom. The van der Waals surface area contributed by atoms with Crippen LogP contribution in [-0.4, -0.2) is 45.2 Å². The molecule has 2 N–H and O–H groups in total. The van der Waals surface area contributed by atoms with Gasteiger partial charge in [0.1, 0.15) is 5.70 Å². The van der Waals surface area contributed by atoms with Gasteiger partial charge in [-0.05, 0) is 48.0 Å². The van der Waals surface area contributed by atoms with Gasteiger partial charge in [0, 0.05) is 38.0 Å². The van der Waals surface area contributed by atoms with Crippen molar-refractivity contribution in [2.45, 2.75) is 11.8 Å². The summed E-state index contributed by atoms with van der Waals surface area (Å²) in [5, 5.41) is 3.52. The monoisotopic (exact) mass is 503 g/mol. The third kappa shape index (κ3) is 5.51. The topological polar surface area (TPSA) is 111 Å². The standard InChI is InChI=1S/C26H25N5O4S/c1-18(32)27-21-11-15-23(16-12-21)36(34,35)29-31-25(20-7-5-4-6-8-20)28-24(26(31)33)17-19-9-13-22(14-10-19)30(2)3/h4-17,29H,1-3H3,(H,27,32)/b24-17-. The van der Waals surface area contributed by atoms with Gasteiger partial charge in [0.15, 0.2) is 5.84 Å². The molecule has 4 rings (SSSR count). The second-order valence-electron chi connectivity index (χ2n) is 8.26. The number of anilines is 2. The van der Waals surface area contributed by atoms with E-state index in [1.54, 1.807) is 30.3 Å². The third-order valence-corrected chi connectivity index (χ3v) is 6.62. The van der Waals surface area contributed by atoms with E-state index in [0.29, 0.717) is 11.3 Å². The van der Waals surface area contributed by atoms with Gasteiger partial charge in [-0.1, -0.05) is 42.5 Å². The van der Waals surface area contributed by atoms with Gasteiger partial charge in [0.2, 0.25) is 5.91 Å². The SMILES string of the molecule is CC(=O)Nc1ccc(S(=O)(=O)NN2C(=O)/C(=C/c3ccc(N(C)C)cc3)N=C2c2ccccc2)cc1. The molecular formula is C26H25N5O4S. The lowest BCUT2D eigenvalue weighted by Crippen LogP contribution is -2.47. The van der Waals surface area contributed by atoms with Crippen molar-refractivity contribution in [3.63, 3.8) is 0 Å². The summed E-state index contributed by atoms with van der Waals surface area (Å²) in [4.78, 5) is 33.3. The highest BCUT2D eigenvalue weighted by atomic mass is 32.2. The molecule has 3 aromatic rings. The summed E-state index contributed by atoms with van der Waals surface area (Å²) in [5.74, 6) is -0.718. The first-order chi connectivity index (χ1) is 17.1. The fourth-order valence-electron chi connectivity index (χ4n) is 3.50. The second-order valence-corrected chi connectivity index (χ2v) is 9.92. The molecule has 0 aromatic heterocycles. The summed E-state index contributed by atoms with van der Waals surface area (Å²) >= 11 is 0. The van der Waals surface area contributed by atoms with Crippen molar-refractivity contribution >= 4 is 45.1 Å². The molecule has 9 nitrogen and oxygen atoms in total. The van der Waals surface area contributed by atoms with Crippen LogP contribution in [-0.2, 0) is 19.6 Å². The third-order valence-electron chi connectivity index (χ3n) is 5.30. The minimum absolute atomic E-state index is 0.0754. The minimum atomic E-state index is -4.15.